The Balaban J connectivity index is 1.55. The molecule has 3 aromatic rings. The van der Waals surface area contributed by atoms with E-state index in [0.717, 1.165) is 30.5 Å². The summed E-state index contributed by atoms with van der Waals surface area (Å²) in [6.45, 7) is 9.43. The molecule has 1 saturated carbocycles. The Morgan fingerprint density at radius 1 is 1.20 bits per heavy atom. The van der Waals surface area contributed by atoms with E-state index in [1.807, 2.05) is 24.0 Å². The number of hydrogen-bond acceptors (Lipinski definition) is 4. The molecular formula is C26H33F2N5O2. The van der Waals surface area contributed by atoms with E-state index in [2.05, 4.69) is 28.8 Å². The minimum Gasteiger partial charge on any atom is -0.336 e. The van der Waals surface area contributed by atoms with Gasteiger partial charge in [0.15, 0.2) is 0 Å². The normalized spacial score (nSPS) is 21.7. The highest BCUT2D eigenvalue weighted by atomic mass is 19.3. The second kappa shape index (κ2) is 9.00. The molecule has 35 heavy (non-hydrogen) atoms. The number of fused-ring (bicyclic) bond motifs is 3. The molecule has 1 N–H and O–H groups in total. The number of aromatic amines is 1. The van der Waals surface area contributed by atoms with Crippen molar-refractivity contribution < 1.29 is 13.6 Å². The summed E-state index contributed by atoms with van der Waals surface area (Å²) in [5, 5.41) is 5.59. The fourth-order valence-electron chi connectivity index (χ4n) is 5.74. The van der Waals surface area contributed by atoms with Gasteiger partial charge in [0.1, 0.15) is 0 Å². The molecule has 9 heteroatoms. The summed E-state index contributed by atoms with van der Waals surface area (Å²) in [5.74, 6) is -2.66. The van der Waals surface area contributed by atoms with Crippen LogP contribution in [0.4, 0.5) is 8.78 Å². The van der Waals surface area contributed by atoms with Crippen LogP contribution in [0.25, 0.3) is 21.8 Å². The molecule has 5 rings (SSSR count). The zero-order valence-electron chi connectivity index (χ0n) is 20.6. The third-order valence-electron chi connectivity index (χ3n) is 7.73. The first-order valence-electron chi connectivity index (χ1n) is 12.6. The number of nitrogens with zero attached hydrogens (tertiary/aromatic N) is 4. The highest BCUT2D eigenvalue weighted by Gasteiger charge is 2.36. The Hall–Kier alpha value is -2.81. The van der Waals surface area contributed by atoms with Crippen molar-refractivity contribution in [2.45, 2.75) is 70.9 Å². The van der Waals surface area contributed by atoms with Gasteiger partial charge in [0.25, 0.3) is 11.5 Å². The van der Waals surface area contributed by atoms with Crippen molar-refractivity contribution in [3.8, 4) is 0 Å². The van der Waals surface area contributed by atoms with E-state index in [1.165, 1.54) is 6.20 Å². The molecule has 0 radical (unpaired) electrons. The van der Waals surface area contributed by atoms with Gasteiger partial charge < -0.3 is 9.88 Å². The molecule has 1 atom stereocenters. The average Bonchev–Trinajstić information content (AvgIpc) is 3.26. The third kappa shape index (κ3) is 4.35. The van der Waals surface area contributed by atoms with Gasteiger partial charge in [0, 0.05) is 49.5 Å². The number of aryl methyl sites for hydroxylation is 1. The standard InChI is InChI=1S/C26H33F2N5O2/c1-4-9-31-10-11-32(15-17(31)3)25(35)19-13-20-22(12-16(19)2)30-24(34)21-14-29-33(23(20)21)18-5-7-26(27,28)8-6-18/h12-14,17-18H,4-11,15H2,1-3H3,(H,30,34)/t17-/m0/s1. The number of alkyl halides is 2. The molecule has 0 bridgehead atoms. The Kier molecular flexibility index (Phi) is 6.15. The summed E-state index contributed by atoms with van der Waals surface area (Å²) in [6, 6.07) is 3.78. The van der Waals surface area contributed by atoms with Crippen molar-refractivity contribution in [1.82, 2.24) is 24.6 Å². The monoisotopic (exact) mass is 485 g/mol. The Morgan fingerprint density at radius 2 is 1.94 bits per heavy atom. The number of nitrogens with one attached hydrogen (secondary N) is 1. The van der Waals surface area contributed by atoms with Crippen molar-refractivity contribution >= 4 is 27.7 Å². The number of aromatic nitrogens is 3. The molecule has 1 aromatic carbocycles. The number of piperazine rings is 1. The first kappa shape index (κ1) is 23.9. The lowest BCUT2D eigenvalue weighted by Gasteiger charge is -2.40. The van der Waals surface area contributed by atoms with Crippen LogP contribution in [0.2, 0.25) is 0 Å². The summed E-state index contributed by atoms with van der Waals surface area (Å²) < 4.78 is 29.3. The highest BCUT2D eigenvalue weighted by molar-refractivity contribution is 6.07. The predicted octanol–water partition coefficient (Wildman–Crippen LogP) is 4.49. The Labute approximate surface area is 203 Å². The summed E-state index contributed by atoms with van der Waals surface area (Å²) in [7, 11) is 0. The molecule has 188 valence electrons. The molecule has 1 saturated heterocycles. The number of halogens is 2. The van der Waals surface area contributed by atoms with E-state index >= 15 is 0 Å². The van der Waals surface area contributed by atoms with Gasteiger partial charge in [0.05, 0.1) is 28.7 Å². The molecule has 0 spiro atoms. The summed E-state index contributed by atoms with van der Waals surface area (Å²) in [6.07, 6.45) is 2.82. The maximum atomic E-state index is 13.8. The van der Waals surface area contributed by atoms with Crippen LogP contribution in [0.15, 0.2) is 23.1 Å². The molecule has 1 amide bonds. The van der Waals surface area contributed by atoms with Crippen LogP contribution in [0.5, 0.6) is 0 Å². The summed E-state index contributed by atoms with van der Waals surface area (Å²) >= 11 is 0. The van der Waals surface area contributed by atoms with Gasteiger partial charge in [-0.2, -0.15) is 5.10 Å². The summed E-state index contributed by atoms with van der Waals surface area (Å²) in [5.41, 5.74) is 2.38. The fraction of sp³-hybridized carbons (Fsp3) is 0.577. The van der Waals surface area contributed by atoms with E-state index < -0.39 is 5.92 Å². The molecule has 2 aliphatic rings. The lowest BCUT2D eigenvalue weighted by atomic mass is 9.92. The number of benzene rings is 1. The number of carbonyl (C=O) groups excluding carboxylic acids is 1. The largest absolute Gasteiger partial charge is 0.336 e. The summed E-state index contributed by atoms with van der Waals surface area (Å²) in [4.78, 5) is 33.6. The molecule has 3 heterocycles. The van der Waals surface area contributed by atoms with Crippen LogP contribution in [0.1, 0.15) is 67.9 Å². The SMILES string of the molecule is CCCN1CCN(C(=O)c2cc3c(cc2C)[nH]c(=O)c2cnn(C4CCC(F)(F)CC4)c23)C[C@@H]1C. The van der Waals surface area contributed by atoms with Gasteiger partial charge in [-0.3, -0.25) is 19.2 Å². The van der Waals surface area contributed by atoms with Crippen molar-refractivity contribution in [1.29, 1.82) is 0 Å². The average molecular weight is 486 g/mol. The van der Waals surface area contributed by atoms with Crippen LogP contribution < -0.4 is 5.56 Å². The van der Waals surface area contributed by atoms with E-state index in [-0.39, 0.29) is 30.3 Å². The minimum atomic E-state index is -2.64. The van der Waals surface area contributed by atoms with Gasteiger partial charge in [0.2, 0.25) is 5.92 Å². The van der Waals surface area contributed by atoms with Gasteiger partial charge >= 0.3 is 0 Å². The van der Waals surface area contributed by atoms with E-state index in [9.17, 15) is 18.4 Å². The number of rotatable bonds is 4. The number of carbonyl (C=O) groups is 1. The minimum absolute atomic E-state index is 0.0184. The first-order valence-corrected chi connectivity index (χ1v) is 12.6. The van der Waals surface area contributed by atoms with Crippen LogP contribution in [0.3, 0.4) is 0 Å². The molecule has 7 nitrogen and oxygen atoms in total. The zero-order chi connectivity index (χ0) is 24.9. The van der Waals surface area contributed by atoms with E-state index in [4.69, 9.17) is 0 Å². The second-order valence-electron chi connectivity index (χ2n) is 10.2. The van der Waals surface area contributed by atoms with Crippen LogP contribution in [-0.2, 0) is 0 Å². The first-order chi connectivity index (χ1) is 16.7. The molecule has 2 fully saturated rings. The van der Waals surface area contributed by atoms with Gasteiger partial charge in [-0.1, -0.05) is 6.92 Å². The molecule has 2 aromatic heterocycles. The van der Waals surface area contributed by atoms with Crippen LogP contribution >= 0.6 is 0 Å². The lowest BCUT2D eigenvalue weighted by Crippen LogP contribution is -2.53. The highest BCUT2D eigenvalue weighted by Crippen LogP contribution is 2.40. The number of amides is 1. The second-order valence-corrected chi connectivity index (χ2v) is 10.2. The molecule has 0 unspecified atom stereocenters. The quantitative estimate of drug-likeness (QED) is 0.591. The number of hydrogen-bond donors (Lipinski definition) is 1. The van der Waals surface area contributed by atoms with Crippen LogP contribution in [0, 0.1) is 6.92 Å². The van der Waals surface area contributed by atoms with E-state index in [0.29, 0.717) is 54.0 Å². The molecular weight excluding hydrogens is 452 g/mol. The molecule has 1 aliphatic carbocycles. The fourth-order valence-corrected chi connectivity index (χ4v) is 5.74. The maximum Gasteiger partial charge on any atom is 0.259 e. The van der Waals surface area contributed by atoms with Crippen molar-refractivity contribution in [3.05, 3.63) is 39.8 Å². The maximum absolute atomic E-state index is 13.8. The van der Waals surface area contributed by atoms with Gasteiger partial charge in [-0.25, -0.2) is 8.78 Å². The van der Waals surface area contributed by atoms with Gasteiger partial charge in [-0.05, 0) is 57.4 Å². The topological polar surface area (TPSA) is 74.2 Å². The lowest BCUT2D eigenvalue weighted by molar-refractivity contribution is -0.0445. The Bertz CT molecular complexity index is 1320. The van der Waals surface area contributed by atoms with Crippen LogP contribution in [-0.4, -0.2) is 68.6 Å². The van der Waals surface area contributed by atoms with Crippen molar-refractivity contribution in [3.63, 3.8) is 0 Å². The molecule has 1 aliphatic heterocycles. The van der Waals surface area contributed by atoms with Crippen molar-refractivity contribution in [2.75, 3.05) is 26.2 Å². The smallest absolute Gasteiger partial charge is 0.259 e. The predicted molar refractivity (Wildman–Crippen MR) is 132 cm³/mol. The van der Waals surface area contributed by atoms with Gasteiger partial charge in [-0.15, -0.1) is 0 Å². The van der Waals surface area contributed by atoms with E-state index in [1.54, 1.807) is 4.68 Å². The Morgan fingerprint density at radius 3 is 2.63 bits per heavy atom. The van der Waals surface area contributed by atoms with Crippen molar-refractivity contribution in [2.24, 2.45) is 0 Å². The third-order valence-corrected chi connectivity index (χ3v) is 7.73. The zero-order valence-corrected chi connectivity index (χ0v) is 20.6. The number of H-pyrrole nitrogens is 1. The number of pyridine rings is 1.